The smallest absolute Gasteiger partial charge is 0.127 e. The van der Waals surface area contributed by atoms with E-state index in [4.69, 9.17) is 23.2 Å². The molecule has 0 fully saturated rings. The Kier molecular flexibility index (Phi) is 3.70. The first-order chi connectivity index (χ1) is 8.09. The highest BCUT2D eigenvalue weighted by Crippen LogP contribution is 2.34. The van der Waals surface area contributed by atoms with E-state index in [-0.39, 0.29) is 11.2 Å². The van der Waals surface area contributed by atoms with Crippen LogP contribution < -0.4 is 0 Å². The van der Waals surface area contributed by atoms with Crippen LogP contribution in [0.15, 0.2) is 42.5 Å². The first-order valence-electron chi connectivity index (χ1n) is 5.24. The molecule has 0 bridgehead atoms. The average Bonchev–Trinajstić information content (AvgIpc) is 2.34. The lowest BCUT2D eigenvalue weighted by Gasteiger charge is -2.13. The van der Waals surface area contributed by atoms with Gasteiger partial charge >= 0.3 is 0 Å². The number of halogens is 3. The van der Waals surface area contributed by atoms with E-state index in [1.807, 2.05) is 30.3 Å². The summed E-state index contributed by atoms with van der Waals surface area (Å²) < 4.78 is 13.3. The molecule has 1 unspecified atom stereocenters. The maximum atomic E-state index is 13.3. The molecule has 0 aliphatic heterocycles. The monoisotopic (exact) mass is 268 g/mol. The minimum atomic E-state index is -0.358. The second kappa shape index (κ2) is 5.07. The number of alkyl halides is 1. The summed E-state index contributed by atoms with van der Waals surface area (Å²) in [5, 5.41) is -0.0000435. The molecule has 2 aromatic rings. The number of hydrogen-bond donors (Lipinski definition) is 0. The standard InChI is InChI=1S/C14H11Cl2F/c1-9-7-11(12(15)8-13(9)17)14(16)10-5-3-2-4-6-10/h2-8,14H,1H3. The normalized spacial score (nSPS) is 12.5. The van der Waals surface area contributed by atoms with Crippen LogP contribution >= 0.6 is 23.2 Å². The molecule has 17 heavy (non-hydrogen) atoms. The molecule has 2 aromatic carbocycles. The van der Waals surface area contributed by atoms with Gasteiger partial charge in [-0.1, -0.05) is 41.9 Å². The van der Waals surface area contributed by atoms with Crippen molar-refractivity contribution in [3.8, 4) is 0 Å². The molecule has 0 amide bonds. The number of aryl methyl sites for hydroxylation is 1. The van der Waals surface area contributed by atoms with Crippen LogP contribution in [0.2, 0.25) is 5.02 Å². The van der Waals surface area contributed by atoms with Gasteiger partial charge in [0.1, 0.15) is 5.82 Å². The van der Waals surface area contributed by atoms with Crippen molar-refractivity contribution in [2.24, 2.45) is 0 Å². The zero-order chi connectivity index (χ0) is 12.4. The summed E-state index contributed by atoms with van der Waals surface area (Å²) in [5.74, 6) is -0.310. The number of hydrogen-bond acceptors (Lipinski definition) is 0. The minimum Gasteiger partial charge on any atom is -0.207 e. The molecule has 0 saturated heterocycles. The number of rotatable bonds is 2. The van der Waals surface area contributed by atoms with Crippen LogP contribution in [0.3, 0.4) is 0 Å². The molecule has 0 spiro atoms. The zero-order valence-corrected chi connectivity index (χ0v) is 10.8. The molecule has 2 rings (SSSR count). The van der Waals surface area contributed by atoms with Gasteiger partial charge in [-0.2, -0.15) is 0 Å². The van der Waals surface area contributed by atoms with E-state index in [0.29, 0.717) is 10.6 Å². The molecular weight excluding hydrogens is 258 g/mol. The summed E-state index contributed by atoms with van der Waals surface area (Å²) >= 11 is 12.4. The molecule has 0 radical (unpaired) electrons. The van der Waals surface area contributed by atoms with Crippen molar-refractivity contribution in [1.82, 2.24) is 0 Å². The van der Waals surface area contributed by atoms with Crippen LogP contribution in [-0.4, -0.2) is 0 Å². The summed E-state index contributed by atoms with van der Waals surface area (Å²) in [7, 11) is 0. The van der Waals surface area contributed by atoms with Gasteiger partial charge in [0.25, 0.3) is 0 Å². The summed E-state index contributed by atoms with van der Waals surface area (Å²) in [6.45, 7) is 1.70. The first kappa shape index (κ1) is 12.4. The van der Waals surface area contributed by atoms with Crippen LogP contribution in [0.1, 0.15) is 22.1 Å². The van der Waals surface area contributed by atoms with E-state index in [9.17, 15) is 4.39 Å². The maximum Gasteiger partial charge on any atom is 0.127 e. The summed E-state index contributed by atoms with van der Waals surface area (Å²) in [5.41, 5.74) is 2.23. The fraction of sp³-hybridized carbons (Fsp3) is 0.143. The number of benzene rings is 2. The van der Waals surface area contributed by atoms with Gasteiger partial charge in [0.05, 0.1) is 5.38 Å². The van der Waals surface area contributed by atoms with Crippen LogP contribution in [0.5, 0.6) is 0 Å². The van der Waals surface area contributed by atoms with Crippen molar-refractivity contribution in [2.45, 2.75) is 12.3 Å². The Bertz CT molecular complexity index is 523. The van der Waals surface area contributed by atoms with Gasteiger partial charge < -0.3 is 0 Å². The Morgan fingerprint density at radius 3 is 2.41 bits per heavy atom. The molecule has 0 heterocycles. The van der Waals surface area contributed by atoms with Gasteiger partial charge in [-0.15, -0.1) is 11.6 Å². The molecule has 0 aliphatic carbocycles. The van der Waals surface area contributed by atoms with Crippen molar-refractivity contribution >= 4 is 23.2 Å². The van der Waals surface area contributed by atoms with Crippen LogP contribution in [-0.2, 0) is 0 Å². The van der Waals surface area contributed by atoms with E-state index in [1.54, 1.807) is 13.0 Å². The lowest BCUT2D eigenvalue weighted by Crippen LogP contribution is -1.96. The van der Waals surface area contributed by atoms with Gasteiger partial charge in [0.15, 0.2) is 0 Å². The molecule has 0 saturated carbocycles. The fourth-order valence-electron chi connectivity index (χ4n) is 1.68. The molecule has 0 aromatic heterocycles. The zero-order valence-electron chi connectivity index (χ0n) is 9.25. The SMILES string of the molecule is Cc1cc(C(Cl)c2ccccc2)c(Cl)cc1F. The van der Waals surface area contributed by atoms with Crippen molar-refractivity contribution < 1.29 is 4.39 Å². The Morgan fingerprint density at radius 2 is 1.76 bits per heavy atom. The quantitative estimate of drug-likeness (QED) is 0.664. The van der Waals surface area contributed by atoms with Crippen LogP contribution in [0.25, 0.3) is 0 Å². The van der Waals surface area contributed by atoms with Crippen molar-refractivity contribution in [3.63, 3.8) is 0 Å². The third-order valence-corrected chi connectivity index (χ3v) is 3.46. The highest BCUT2D eigenvalue weighted by Gasteiger charge is 2.15. The van der Waals surface area contributed by atoms with Gasteiger partial charge in [0, 0.05) is 5.02 Å². The molecule has 3 heteroatoms. The van der Waals surface area contributed by atoms with Gasteiger partial charge in [-0.05, 0) is 35.7 Å². The summed E-state index contributed by atoms with van der Waals surface area (Å²) in [4.78, 5) is 0. The van der Waals surface area contributed by atoms with Crippen molar-refractivity contribution in [2.75, 3.05) is 0 Å². The fourth-order valence-corrected chi connectivity index (χ4v) is 2.32. The van der Waals surface area contributed by atoms with E-state index in [2.05, 4.69) is 0 Å². The Labute approximate surface area is 110 Å². The molecule has 0 aliphatic rings. The lowest BCUT2D eigenvalue weighted by molar-refractivity contribution is 0.618. The van der Waals surface area contributed by atoms with Crippen molar-refractivity contribution in [3.05, 3.63) is 70.0 Å². The van der Waals surface area contributed by atoms with E-state index in [0.717, 1.165) is 11.1 Å². The molecular formula is C14H11Cl2F. The first-order valence-corrected chi connectivity index (χ1v) is 6.05. The van der Waals surface area contributed by atoms with E-state index in [1.165, 1.54) is 6.07 Å². The summed E-state index contributed by atoms with van der Waals surface area (Å²) in [6, 6.07) is 12.6. The van der Waals surface area contributed by atoms with E-state index < -0.39 is 0 Å². The van der Waals surface area contributed by atoms with E-state index >= 15 is 0 Å². The summed E-state index contributed by atoms with van der Waals surface area (Å²) in [6.07, 6.45) is 0. The van der Waals surface area contributed by atoms with Crippen LogP contribution in [0, 0.1) is 12.7 Å². The maximum absolute atomic E-state index is 13.3. The minimum absolute atomic E-state index is 0.310. The third-order valence-electron chi connectivity index (χ3n) is 2.64. The molecule has 88 valence electrons. The Morgan fingerprint density at radius 1 is 1.12 bits per heavy atom. The third kappa shape index (κ3) is 2.62. The largest absolute Gasteiger partial charge is 0.207 e. The molecule has 1 atom stereocenters. The van der Waals surface area contributed by atoms with Gasteiger partial charge in [-0.3, -0.25) is 0 Å². The van der Waals surface area contributed by atoms with Crippen LogP contribution in [0.4, 0.5) is 4.39 Å². The Balaban J connectivity index is 2.44. The predicted octanol–water partition coefficient (Wildman–Crippen LogP) is 5.12. The molecule has 0 nitrogen and oxygen atoms in total. The predicted molar refractivity (Wildman–Crippen MR) is 70.3 cm³/mol. The lowest BCUT2D eigenvalue weighted by atomic mass is 10.0. The average molecular weight is 269 g/mol. The van der Waals surface area contributed by atoms with Crippen molar-refractivity contribution in [1.29, 1.82) is 0 Å². The topological polar surface area (TPSA) is 0 Å². The second-order valence-corrected chi connectivity index (χ2v) is 4.74. The molecule has 0 N–H and O–H groups in total. The van der Waals surface area contributed by atoms with Gasteiger partial charge in [-0.25, -0.2) is 4.39 Å². The second-order valence-electron chi connectivity index (χ2n) is 3.90. The van der Waals surface area contributed by atoms with Gasteiger partial charge in [0.2, 0.25) is 0 Å². The highest BCUT2D eigenvalue weighted by molar-refractivity contribution is 6.33. The highest BCUT2D eigenvalue weighted by atomic mass is 35.5. The Hall–Kier alpha value is -1.05.